The van der Waals surface area contributed by atoms with Crippen LogP contribution in [-0.2, 0) is 12.8 Å². The highest BCUT2D eigenvalue weighted by Gasteiger charge is 1.90. The Morgan fingerprint density at radius 2 is 0.864 bits per heavy atom. The lowest BCUT2D eigenvalue weighted by molar-refractivity contribution is 0.806. The Bertz CT molecular complexity index is 408. The maximum atomic E-state index is 3.42. The maximum absolute atomic E-state index is 3.42. The maximum Gasteiger partial charge on any atom is 0.00314 e. The lowest BCUT2D eigenvalue weighted by Crippen LogP contribution is -1.84. The largest absolute Gasteiger partial charge is 0.0928 e. The molecule has 2 aromatic rings. The molecule has 0 radical (unpaired) electrons. The fourth-order valence-corrected chi connectivity index (χ4v) is 2.93. The van der Waals surface area contributed by atoms with E-state index in [9.17, 15) is 0 Å². The van der Waals surface area contributed by atoms with E-state index in [1.807, 2.05) is 0 Å². The number of hydrogen-bond acceptors (Lipinski definition) is 0. The van der Waals surface area contributed by atoms with Crippen LogP contribution >= 0.6 is 31.9 Å². The second-order valence-electron chi connectivity index (χ2n) is 5.26. The van der Waals surface area contributed by atoms with Gasteiger partial charge in [-0.3, -0.25) is 0 Å². The van der Waals surface area contributed by atoms with Gasteiger partial charge in [0, 0.05) is 10.7 Å². The van der Waals surface area contributed by atoms with Crippen LogP contribution in [0.4, 0.5) is 0 Å². The lowest BCUT2D eigenvalue weighted by Gasteiger charge is -1.97. The van der Waals surface area contributed by atoms with Gasteiger partial charge in [0.15, 0.2) is 0 Å². The van der Waals surface area contributed by atoms with Crippen LogP contribution in [0.15, 0.2) is 60.7 Å². The molecule has 0 aliphatic rings. The minimum Gasteiger partial charge on any atom is -0.0928 e. The van der Waals surface area contributed by atoms with Gasteiger partial charge in [-0.05, 0) is 49.7 Å². The third-order valence-electron chi connectivity index (χ3n) is 3.38. The van der Waals surface area contributed by atoms with Crippen LogP contribution in [0.3, 0.4) is 0 Å². The first-order chi connectivity index (χ1) is 10.9. The van der Waals surface area contributed by atoms with E-state index in [4.69, 9.17) is 0 Å². The number of benzene rings is 2. The summed E-state index contributed by atoms with van der Waals surface area (Å²) in [7, 11) is 0. The average molecular weight is 426 g/mol. The Balaban J connectivity index is 0.000000220. The van der Waals surface area contributed by atoms with E-state index in [1.54, 1.807) is 0 Å². The smallest absolute Gasteiger partial charge is 0.00314 e. The van der Waals surface area contributed by atoms with Crippen LogP contribution in [-0.4, -0.2) is 10.7 Å². The number of unbranched alkanes of at least 4 members (excludes halogenated alkanes) is 2. The van der Waals surface area contributed by atoms with Crippen molar-refractivity contribution in [2.24, 2.45) is 0 Å². The Morgan fingerprint density at radius 1 is 0.500 bits per heavy atom. The highest BCUT2D eigenvalue weighted by molar-refractivity contribution is 9.09. The van der Waals surface area contributed by atoms with Crippen molar-refractivity contribution in [3.63, 3.8) is 0 Å². The molecule has 2 aromatic carbocycles. The van der Waals surface area contributed by atoms with Gasteiger partial charge in [0.1, 0.15) is 0 Å². The molecule has 0 atom stereocenters. The summed E-state index contributed by atoms with van der Waals surface area (Å²) < 4.78 is 0. The quantitative estimate of drug-likeness (QED) is 0.322. The van der Waals surface area contributed by atoms with Crippen LogP contribution in [0.5, 0.6) is 0 Å². The van der Waals surface area contributed by atoms with Crippen LogP contribution in [0.2, 0.25) is 0 Å². The summed E-state index contributed by atoms with van der Waals surface area (Å²) in [4.78, 5) is 0. The highest BCUT2D eigenvalue weighted by atomic mass is 79.9. The molecule has 0 saturated carbocycles. The lowest BCUT2D eigenvalue weighted by atomic mass is 10.1. The van der Waals surface area contributed by atoms with E-state index in [1.165, 1.54) is 49.7 Å². The molecule has 0 aromatic heterocycles. The third-order valence-corrected chi connectivity index (χ3v) is 4.51. The van der Waals surface area contributed by atoms with E-state index >= 15 is 0 Å². The Hall–Kier alpha value is -0.600. The van der Waals surface area contributed by atoms with Crippen molar-refractivity contribution < 1.29 is 0 Å². The summed E-state index contributed by atoms with van der Waals surface area (Å²) in [6.45, 7) is 0. The van der Waals surface area contributed by atoms with E-state index in [2.05, 4.69) is 92.5 Å². The highest BCUT2D eigenvalue weighted by Crippen LogP contribution is 2.05. The van der Waals surface area contributed by atoms with Crippen LogP contribution in [0, 0.1) is 0 Å². The molecule has 0 saturated heterocycles. The predicted octanol–water partition coefficient (Wildman–Crippen LogP) is 6.81. The molecular weight excluding hydrogens is 400 g/mol. The first-order valence-corrected chi connectivity index (χ1v) is 10.3. The molecule has 22 heavy (non-hydrogen) atoms. The molecule has 0 unspecified atom stereocenters. The molecule has 0 fully saturated rings. The van der Waals surface area contributed by atoms with Crippen molar-refractivity contribution in [2.45, 2.75) is 38.5 Å². The van der Waals surface area contributed by atoms with Crippen LogP contribution in [0.1, 0.15) is 36.8 Å². The zero-order valence-electron chi connectivity index (χ0n) is 13.2. The van der Waals surface area contributed by atoms with Gasteiger partial charge in [-0.2, -0.15) is 0 Å². The summed E-state index contributed by atoms with van der Waals surface area (Å²) in [5.74, 6) is 0. The second kappa shape index (κ2) is 14.0. The first kappa shape index (κ1) is 19.4. The summed E-state index contributed by atoms with van der Waals surface area (Å²) >= 11 is 6.85. The minimum atomic E-state index is 1.12. The fourth-order valence-electron chi connectivity index (χ4n) is 2.14. The molecule has 0 heterocycles. The number of alkyl halides is 2. The van der Waals surface area contributed by atoms with E-state index < -0.39 is 0 Å². The summed E-state index contributed by atoms with van der Waals surface area (Å²) in [6, 6.07) is 21.3. The SMILES string of the molecule is BrCCCCc1ccccc1.BrCCCCc1ccccc1. The van der Waals surface area contributed by atoms with Gasteiger partial charge in [0.25, 0.3) is 0 Å². The van der Waals surface area contributed by atoms with Gasteiger partial charge >= 0.3 is 0 Å². The molecule has 0 spiro atoms. The fraction of sp³-hybridized carbons (Fsp3) is 0.400. The molecule has 0 aliphatic carbocycles. The molecule has 0 N–H and O–H groups in total. The molecule has 0 aliphatic heterocycles. The van der Waals surface area contributed by atoms with Crippen molar-refractivity contribution in [1.82, 2.24) is 0 Å². The Morgan fingerprint density at radius 3 is 1.18 bits per heavy atom. The molecule has 2 heteroatoms. The number of rotatable bonds is 8. The minimum absolute atomic E-state index is 1.12. The monoisotopic (exact) mass is 424 g/mol. The van der Waals surface area contributed by atoms with Gasteiger partial charge < -0.3 is 0 Å². The number of aryl methyl sites for hydroxylation is 2. The molecular formula is C20H26Br2. The zero-order chi connectivity index (χ0) is 15.9. The van der Waals surface area contributed by atoms with E-state index in [0.717, 1.165) is 10.7 Å². The van der Waals surface area contributed by atoms with Gasteiger partial charge in [0.05, 0.1) is 0 Å². The molecule has 0 bridgehead atoms. The van der Waals surface area contributed by atoms with Crippen molar-refractivity contribution in [3.8, 4) is 0 Å². The van der Waals surface area contributed by atoms with Gasteiger partial charge in [-0.15, -0.1) is 0 Å². The Labute approximate surface area is 152 Å². The van der Waals surface area contributed by atoms with Crippen molar-refractivity contribution in [2.75, 3.05) is 10.7 Å². The van der Waals surface area contributed by atoms with Gasteiger partial charge in [-0.1, -0.05) is 92.5 Å². The zero-order valence-corrected chi connectivity index (χ0v) is 16.4. The van der Waals surface area contributed by atoms with E-state index in [0.29, 0.717) is 0 Å². The second-order valence-corrected chi connectivity index (χ2v) is 6.85. The average Bonchev–Trinajstić information content (AvgIpc) is 2.58. The summed E-state index contributed by atoms with van der Waals surface area (Å²) in [6.07, 6.45) is 7.55. The van der Waals surface area contributed by atoms with Crippen molar-refractivity contribution in [3.05, 3.63) is 71.8 Å². The van der Waals surface area contributed by atoms with Crippen LogP contribution in [0.25, 0.3) is 0 Å². The van der Waals surface area contributed by atoms with Crippen molar-refractivity contribution in [1.29, 1.82) is 0 Å². The standard InChI is InChI=1S/2C10H13Br/c2*11-9-5-4-8-10-6-2-1-3-7-10/h2*1-3,6-7H,4-5,8-9H2. The summed E-state index contributed by atoms with van der Waals surface area (Å²) in [5, 5.41) is 2.25. The summed E-state index contributed by atoms with van der Waals surface area (Å²) in [5.41, 5.74) is 2.90. The molecule has 120 valence electrons. The number of hydrogen-bond donors (Lipinski definition) is 0. The molecule has 0 nitrogen and oxygen atoms in total. The van der Waals surface area contributed by atoms with Gasteiger partial charge in [-0.25, -0.2) is 0 Å². The third kappa shape index (κ3) is 10.2. The number of halogens is 2. The Kier molecular flexibility index (Phi) is 12.4. The first-order valence-electron chi connectivity index (χ1n) is 8.06. The van der Waals surface area contributed by atoms with E-state index in [-0.39, 0.29) is 0 Å². The normalized spacial score (nSPS) is 9.91. The molecule has 0 amide bonds. The molecule has 2 rings (SSSR count). The van der Waals surface area contributed by atoms with Crippen LogP contribution < -0.4 is 0 Å². The topological polar surface area (TPSA) is 0 Å². The predicted molar refractivity (Wildman–Crippen MR) is 106 cm³/mol. The van der Waals surface area contributed by atoms with Crippen molar-refractivity contribution >= 4 is 31.9 Å². The van der Waals surface area contributed by atoms with Gasteiger partial charge in [0.2, 0.25) is 0 Å².